The topological polar surface area (TPSA) is 116 Å². The predicted octanol–water partition coefficient (Wildman–Crippen LogP) is 0.962. The minimum Gasteiger partial charge on any atom is -0.399 e. The van der Waals surface area contributed by atoms with E-state index in [9.17, 15) is 8.42 Å². The SMILES string of the molecule is Nc1cccc(-c2ccc(S(=O)(=O)NCCn3cnnn3)s2)c1. The van der Waals surface area contributed by atoms with Crippen molar-refractivity contribution in [2.24, 2.45) is 0 Å². The first-order valence-electron chi connectivity index (χ1n) is 6.71. The van der Waals surface area contributed by atoms with E-state index in [-0.39, 0.29) is 10.8 Å². The van der Waals surface area contributed by atoms with Crippen molar-refractivity contribution in [2.75, 3.05) is 12.3 Å². The van der Waals surface area contributed by atoms with Crippen molar-refractivity contribution < 1.29 is 8.42 Å². The summed E-state index contributed by atoms with van der Waals surface area (Å²) in [5, 5.41) is 10.6. The Hall–Kier alpha value is -2.30. The molecule has 23 heavy (non-hydrogen) atoms. The van der Waals surface area contributed by atoms with Crippen LogP contribution in [0.3, 0.4) is 0 Å². The fourth-order valence-electron chi connectivity index (χ4n) is 1.96. The first kappa shape index (κ1) is 15.6. The average Bonchev–Trinajstić information content (AvgIpc) is 3.19. The van der Waals surface area contributed by atoms with Gasteiger partial charge in [0.2, 0.25) is 10.0 Å². The zero-order valence-corrected chi connectivity index (χ0v) is 13.6. The summed E-state index contributed by atoms with van der Waals surface area (Å²) in [6, 6.07) is 10.7. The molecular formula is C13H14N6O2S2. The number of nitrogens with two attached hydrogens (primary N) is 1. The van der Waals surface area contributed by atoms with Gasteiger partial charge in [-0.1, -0.05) is 12.1 Å². The summed E-state index contributed by atoms with van der Waals surface area (Å²) in [5.74, 6) is 0. The molecule has 0 spiro atoms. The van der Waals surface area contributed by atoms with Crippen LogP contribution in [0.2, 0.25) is 0 Å². The quantitative estimate of drug-likeness (QED) is 0.640. The van der Waals surface area contributed by atoms with Gasteiger partial charge in [0.1, 0.15) is 10.5 Å². The van der Waals surface area contributed by atoms with Gasteiger partial charge < -0.3 is 5.73 Å². The third-order valence-corrected chi connectivity index (χ3v) is 6.13. The van der Waals surface area contributed by atoms with Crippen LogP contribution in [-0.2, 0) is 16.6 Å². The standard InChI is InChI=1S/C13H14N6O2S2/c14-11-3-1-2-10(8-11)12-4-5-13(22-12)23(20,21)16-6-7-19-9-15-17-18-19/h1-5,8-9,16H,6-7,14H2. The van der Waals surface area contributed by atoms with Crippen molar-refractivity contribution >= 4 is 27.0 Å². The molecule has 0 atom stereocenters. The summed E-state index contributed by atoms with van der Waals surface area (Å²) >= 11 is 1.20. The minimum absolute atomic E-state index is 0.207. The lowest BCUT2D eigenvalue weighted by molar-refractivity contribution is 0.554. The van der Waals surface area contributed by atoms with E-state index < -0.39 is 10.0 Å². The van der Waals surface area contributed by atoms with E-state index in [1.54, 1.807) is 18.2 Å². The minimum atomic E-state index is -3.56. The van der Waals surface area contributed by atoms with E-state index in [0.717, 1.165) is 10.4 Å². The number of hydrogen-bond acceptors (Lipinski definition) is 7. The molecule has 3 rings (SSSR count). The molecule has 0 aliphatic rings. The molecule has 0 amide bonds. The van der Waals surface area contributed by atoms with Crippen molar-refractivity contribution in [3.05, 3.63) is 42.7 Å². The van der Waals surface area contributed by atoms with Gasteiger partial charge in [0.25, 0.3) is 0 Å². The lowest BCUT2D eigenvalue weighted by Gasteiger charge is -2.04. The molecule has 2 heterocycles. The van der Waals surface area contributed by atoms with Crippen molar-refractivity contribution in [1.29, 1.82) is 0 Å². The second-order valence-electron chi connectivity index (χ2n) is 4.71. The number of rotatable bonds is 6. The van der Waals surface area contributed by atoms with E-state index >= 15 is 0 Å². The maximum atomic E-state index is 12.3. The Bertz CT molecular complexity index is 889. The molecule has 10 heteroatoms. The molecule has 0 radical (unpaired) electrons. The van der Waals surface area contributed by atoms with Gasteiger partial charge in [0, 0.05) is 17.1 Å². The average molecular weight is 350 g/mol. The smallest absolute Gasteiger partial charge is 0.250 e. The van der Waals surface area contributed by atoms with Gasteiger partial charge in [0.05, 0.1) is 6.54 Å². The first-order chi connectivity index (χ1) is 11.0. The number of anilines is 1. The maximum Gasteiger partial charge on any atom is 0.250 e. The zero-order valence-electron chi connectivity index (χ0n) is 12.0. The molecule has 1 aromatic carbocycles. The van der Waals surface area contributed by atoms with Gasteiger partial charge in [-0.05, 0) is 40.3 Å². The van der Waals surface area contributed by atoms with Gasteiger partial charge in [-0.2, -0.15) is 0 Å². The van der Waals surface area contributed by atoms with Crippen LogP contribution in [0.5, 0.6) is 0 Å². The largest absolute Gasteiger partial charge is 0.399 e. The lowest BCUT2D eigenvalue weighted by Crippen LogP contribution is -2.27. The molecule has 0 aliphatic carbocycles. The molecule has 3 aromatic rings. The van der Waals surface area contributed by atoms with E-state index in [1.807, 2.05) is 18.2 Å². The maximum absolute atomic E-state index is 12.3. The highest BCUT2D eigenvalue weighted by Gasteiger charge is 2.17. The number of hydrogen-bond donors (Lipinski definition) is 2. The molecular weight excluding hydrogens is 336 g/mol. The summed E-state index contributed by atoms with van der Waals surface area (Å²) in [6.45, 7) is 0.568. The van der Waals surface area contributed by atoms with Crippen molar-refractivity contribution in [3.8, 4) is 10.4 Å². The van der Waals surface area contributed by atoms with Gasteiger partial charge in [-0.15, -0.1) is 16.4 Å². The molecule has 0 saturated heterocycles. The summed E-state index contributed by atoms with van der Waals surface area (Å²) < 4.78 is 28.8. The number of sulfonamides is 1. The molecule has 0 unspecified atom stereocenters. The highest BCUT2D eigenvalue weighted by molar-refractivity contribution is 7.91. The third-order valence-electron chi connectivity index (χ3n) is 3.04. The second kappa shape index (κ2) is 6.44. The van der Waals surface area contributed by atoms with Gasteiger partial charge >= 0.3 is 0 Å². The van der Waals surface area contributed by atoms with Crippen molar-refractivity contribution in [1.82, 2.24) is 24.9 Å². The van der Waals surface area contributed by atoms with E-state index in [0.29, 0.717) is 12.2 Å². The fourth-order valence-corrected chi connectivity index (χ4v) is 4.33. The normalized spacial score (nSPS) is 11.7. The van der Waals surface area contributed by atoms with Crippen LogP contribution in [0.4, 0.5) is 5.69 Å². The van der Waals surface area contributed by atoms with Crippen LogP contribution in [-0.4, -0.2) is 35.2 Å². The van der Waals surface area contributed by atoms with Crippen LogP contribution in [0, 0.1) is 0 Å². The molecule has 0 bridgehead atoms. The van der Waals surface area contributed by atoms with E-state index in [1.165, 1.54) is 22.3 Å². The number of aromatic nitrogens is 4. The fraction of sp³-hybridized carbons (Fsp3) is 0.154. The predicted molar refractivity (Wildman–Crippen MR) is 87.2 cm³/mol. The highest BCUT2D eigenvalue weighted by Crippen LogP contribution is 2.31. The van der Waals surface area contributed by atoms with Crippen LogP contribution in [0.25, 0.3) is 10.4 Å². The number of nitrogens with one attached hydrogen (secondary N) is 1. The van der Waals surface area contributed by atoms with E-state index in [4.69, 9.17) is 5.73 Å². The Kier molecular flexibility index (Phi) is 4.37. The Morgan fingerprint density at radius 3 is 2.87 bits per heavy atom. The Labute approximate surface area is 137 Å². The van der Waals surface area contributed by atoms with Crippen LogP contribution in [0.15, 0.2) is 46.9 Å². The van der Waals surface area contributed by atoms with Crippen LogP contribution in [0.1, 0.15) is 0 Å². The molecule has 0 fully saturated rings. The van der Waals surface area contributed by atoms with Crippen LogP contribution >= 0.6 is 11.3 Å². The number of benzene rings is 1. The molecule has 8 nitrogen and oxygen atoms in total. The summed E-state index contributed by atoms with van der Waals surface area (Å²) in [6.07, 6.45) is 1.43. The van der Waals surface area contributed by atoms with Gasteiger partial charge in [0.15, 0.2) is 0 Å². The molecule has 0 saturated carbocycles. The molecule has 120 valence electrons. The monoisotopic (exact) mass is 350 g/mol. The number of nitrogen functional groups attached to an aromatic ring is 1. The second-order valence-corrected chi connectivity index (χ2v) is 7.79. The number of thiophene rings is 1. The lowest BCUT2D eigenvalue weighted by atomic mass is 10.2. The number of nitrogens with zero attached hydrogens (tertiary/aromatic N) is 4. The first-order valence-corrected chi connectivity index (χ1v) is 9.01. The third kappa shape index (κ3) is 3.73. The van der Waals surface area contributed by atoms with E-state index in [2.05, 4.69) is 20.2 Å². The Balaban J connectivity index is 1.71. The Morgan fingerprint density at radius 1 is 1.26 bits per heavy atom. The zero-order chi connectivity index (χ0) is 16.3. The summed E-state index contributed by atoms with van der Waals surface area (Å²) in [7, 11) is -3.56. The Morgan fingerprint density at radius 2 is 2.13 bits per heavy atom. The van der Waals surface area contributed by atoms with Crippen molar-refractivity contribution in [3.63, 3.8) is 0 Å². The van der Waals surface area contributed by atoms with Crippen molar-refractivity contribution in [2.45, 2.75) is 10.8 Å². The summed E-state index contributed by atoms with van der Waals surface area (Å²) in [5.41, 5.74) is 7.29. The molecule has 3 N–H and O–H groups in total. The van der Waals surface area contributed by atoms with Gasteiger partial charge in [-0.25, -0.2) is 17.8 Å². The summed E-state index contributed by atoms with van der Waals surface area (Å²) in [4.78, 5) is 0.846. The number of tetrazole rings is 1. The molecule has 0 aliphatic heterocycles. The van der Waals surface area contributed by atoms with Crippen LogP contribution < -0.4 is 10.5 Å². The van der Waals surface area contributed by atoms with Gasteiger partial charge in [-0.3, -0.25) is 0 Å². The highest BCUT2D eigenvalue weighted by atomic mass is 32.2. The molecule has 2 aromatic heterocycles.